The molecule has 2 rings (SSSR count). The molecule has 0 saturated heterocycles. The highest BCUT2D eigenvalue weighted by molar-refractivity contribution is 5.93. The average molecular weight is 325 g/mol. The Labute approximate surface area is 142 Å². The van der Waals surface area contributed by atoms with Gasteiger partial charge in [0.1, 0.15) is 12.4 Å². The van der Waals surface area contributed by atoms with Crippen LogP contribution in [0.3, 0.4) is 0 Å². The zero-order chi connectivity index (χ0) is 17.2. The molecular weight excluding hydrogens is 302 g/mol. The van der Waals surface area contributed by atoms with Crippen LogP contribution in [0.1, 0.15) is 22.8 Å². The predicted molar refractivity (Wildman–Crippen MR) is 95.0 cm³/mol. The lowest BCUT2D eigenvalue weighted by atomic mass is 10.2. The maximum atomic E-state index is 11.9. The molecule has 2 N–H and O–H groups in total. The summed E-state index contributed by atoms with van der Waals surface area (Å²) in [7, 11) is 0. The first-order chi connectivity index (χ1) is 11.7. The lowest BCUT2D eigenvalue weighted by molar-refractivity contribution is 0.0954. The normalized spacial score (nSPS) is 10.2. The van der Waals surface area contributed by atoms with Crippen LogP contribution in [0.5, 0.6) is 5.75 Å². The van der Waals surface area contributed by atoms with Crippen molar-refractivity contribution in [3.8, 4) is 5.75 Å². The maximum Gasteiger partial charge on any atom is 0.251 e. The van der Waals surface area contributed by atoms with E-state index in [9.17, 15) is 4.79 Å². The SMILES string of the molecule is C=C(C)COc1ccccc1CNCCNC(=O)c1ccncc1. The number of ether oxygens (including phenoxy) is 1. The van der Waals surface area contributed by atoms with E-state index in [4.69, 9.17) is 4.74 Å². The van der Waals surface area contributed by atoms with E-state index in [0.717, 1.165) is 16.9 Å². The molecule has 2 aromatic rings. The number of hydrogen-bond acceptors (Lipinski definition) is 4. The second kappa shape index (κ2) is 9.47. The van der Waals surface area contributed by atoms with Crippen LogP contribution in [0.4, 0.5) is 0 Å². The number of benzene rings is 1. The molecule has 0 aliphatic carbocycles. The Morgan fingerprint density at radius 2 is 1.92 bits per heavy atom. The fourth-order valence-electron chi connectivity index (χ4n) is 2.08. The van der Waals surface area contributed by atoms with Crippen LogP contribution >= 0.6 is 0 Å². The van der Waals surface area contributed by atoms with Crippen molar-refractivity contribution >= 4 is 5.91 Å². The molecule has 0 radical (unpaired) electrons. The number of nitrogens with one attached hydrogen (secondary N) is 2. The third kappa shape index (κ3) is 5.85. The highest BCUT2D eigenvalue weighted by Gasteiger charge is 2.04. The van der Waals surface area contributed by atoms with E-state index in [1.54, 1.807) is 24.5 Å². The van der Waals surface area contributed by atoms with Crippen LogP contribution in [0.15, 0.2) is 60.9 Å². The summed E-state index contributed by atoms with van der Waals surface area (Å²) in [4.78, 5) is 15.8. The molecule has 0 aliphatic heterocycles. The number of aromatic nitrogens is 1. The fraction of sp³-hybridized carbons (Fsp3) is 0.263. The van der Waals surface area contributed by atoms with Crippen molar-refractivity contribution in [1.29, 1.82) is 0 Å². The number of carbonyl (C=O) groups excluding carboxylic acids is 1. The highest BCUT2D eigenvalue weighted by Crippen LogP contribution is 2.18. The van der Waals surface area contributed by atoms with Crippen molar-refractivity contribution in [2.24, 2.45) is 0 Å². The van der Waals surface area contributed by atoms with Gasteiger partial charge < -0.3 is 15.4 Å². The summed E-state index contributed by atoms with van der Waals surface area (Å²) in [5, 5.41) is 6.17. The summed E-state index contributed by atoms with van der Waals surface area (Å²) in [5.41, 5.74) is 2.68. The van der Waals surface area contributed by atoms with Crippen molar-refractivity contribution in [2.45, 2.75) is 13.5 Å². The number of amides is 1. The van der Waals surface area contributed by atoms with E-state index >= 15 is 0 Å². The lowest BCUT2D eigenvalue weighted by Gasteiger charge is -2.12. The number of carbonyl (C=O) groups is 1. The Hall–Kier alpha value is -2.66. The zero-order valence-electron chi connectivity index (χ0n) is 13.9. The second-order valence-electron chi connectivity index (χ2n) is 5.52. The largest absolute Gasteiger partial charge is 0.489 e. The summed E-state index contributed by atoms with van der Waals surface area (Å²) in [5.74, 6) is 0.762. The molecule has 0 spiro atoms. The van der Waals surface area contributed by atoms with Gasteiger partial charge in [-0.15, -0.1) is 0 Å². The Morgan fingerprint density at radius 3 is 2.67 bits per heavy atom. The van der Waals surface area contributed by atoms with E-state index in [1.165, 1.54) is 0 Å². The van der Waals surface area contributed by atoms with E-state index in [-0.39, 0.29) is 5.91 Å². The molecule has 24 heavy (non-hydrogen) atoms. The second-order valence-corrected chi connectivity index (χ2v) is 5.52. The van der Waals surface area contributed by atoms with Crippen LogP contribution in [-0.4, -0.2) is 30.6 Å². The zero-order valence-corrected chi connectivity index (χ0v) is 13.9. The molecule has 0 bridgehead atoms. The molecule has 1 aromatic heterocycles. The molecule has 1 heterocycles. The number of nitrogens with zero attached hydrogens (tertiary/aromatic N) is 1. The van der Waals surface area contributed by atoms with Crippen molar-refractivity contribution in [2.75, 3.05) is 19.7 Å². The smallest absolute Gasteiger partial charge is 0.251 e. The maximum absolute atomic E-state index is 11.9. The van der Waals surface area contributed by atoms with Crippen LogP contribution in [-0.2, 0) is 6.54 Å². The molecular formula is C19H23N3O2. The molecule has 5 nitrogen and oxygen atoms in total. The molecule has 0 atom stereocenters. The minimum Gasteiger partial charge on any atom is -0.489 e. The summed E-state index contributed by atoms with van der Waals surface area (Å²) in [6, 6.07) is 11.3. The Kier molecular flexibility index (Phi) is 6.98. The number of hydrogen-bond donors (Lipinski definition) is 2. The summed E-state index contributed by atoms with van der Waals surface area (Å²) < 4.78 is 5.74. The van der Waals surface area contributed by atoms with Crippen molar-refractivity contribution < 1.29 is 9.53 Å². The van der Waals surface area contributed by atoms with Gasteiger partial charge >= 0.3 is 0 Å². The molecule has 0 fully saturated rings. The lowest BCUT2D eigenvalue weighted by Crippen LogP contribution is -2.31. The topological polar surface area (TPSA) is 63.2 Å². The van der Waals surface area contributed by atoms with Gasteiger partial charge in [0.25, 0.3) is 5.91 Å². The van der Waals surface area contributed by atoms with Crippen LogP contribution in [0, 0.1) is 0 Å². The number of para-hydroxylation sites is 1. The third-order valence-corrected chi connectivity index (χ3v) is 3.29. The van der Waals surface area contributed by atoms with E-state index in [1.807, 2.05) is 31.2 Å². The molecule has 1 aromatic carbocycles. The quantitative estimate of drug-likeness (QED) is 0.549. The first-order valence-electron chi connectivity index (χ1n) is 7.91. The van der Waals surface area contributed by atoms with Crippen molar-refractivity contribution in [1.82, 2.24) is 15.6 Å². The minimum atomic E-state index is -0.0932. The molecule has 0 saturated carbocycles. The standard InChI is InChI=1S/C19H23N3O2/c1-15(2)14-24-18-6-4-3-5-17(18)13-21-11-12-22-19(23)16-7-9-20-10-8-16/h3-10,21H,1,11-14H2,2H3,(H,22,23). The molecule has 1 amide bonds. The van der Waals surface area contributed by atoms with Gasteiger partial charge in [-0.1, -0.05) is 24.8 Å². The number of pyridine rings is 1. The summed E-state index contributed by atoms with van der Waals surface area (Å²) in [6.45, 7) is 8.19. The molecule has 0 aliphatic rings. The Morgan fingerprint density at radius 1 is 1.17 bits per heavy atom. The van der Waals surface area contributed by atoms with Crippen LogP contribution in [0.2, 0.25) is 0 Å². The summed E-state index contributed by atoms with van der Waals surface area (Å²) >= 11 is 0. The Balaban J connectivity index is 1.72. The van der Waals surface area contributed by atoms with Crippen LogP contribution in [0.25, 0.3) is 0 Å². The van der Waals surface area contributed by atoms with Crippen LogP contribution < -0.4 is 15.4 Å². The van der Waals surface area contributed by atoms with Gasteiger partial charge in [-0.05, 0) is 30.7 Å². The van der Waals surface area contributed by atoms with Gasteiger partial charge in [-0.2, -0.15) is 0 Å². The first kappa shape index (κ1) is 17.7. The first-order valence-corrected chi connectivity index (χ1v) is 7.91. The molecule has 0 unspecified atom stereocenters. The highest BCUT2D eigenvalue weighted by atomic mass is 16.5. The average Bonchev–Trinajstić information content (AvgIpc) is 2.61. The van der Waals surface area contributed by atoms with Gasteiger partial charge in [-0.3, -0.25) is 9.78 Å². The monoisotopic (exact) mass is 325 g/mol. The minimum absolute atomic E-state index is 0.0932. The van der Waals surface area contributed by atoms with Gasteiger partial charge in [-0.25, -0.2) is 0 Å². The van der Waals surface area contributed by atoms with Gasteiger partial charge in [0.2, 0.25) is 0 Å². The van der Waals surface area contributed by atoms with Gasteiger partial charge in [0.05, 0.1) is 0 Å². The van der Waals surface area contributed by atoms with Crippen molar-refractivity contribution in [3.05, 3.63) is 72.1 Å². The van der Waals surface area contributed by atoms with E-state index in [0.29, 0.717) is 31.8 Å². The Bertz CT molecular complexity index is 671. The molecule has 126 valence electrons. The number of rotatable bonds is 9. The van der Waals surface area contributed by atoms with Gasteiger partial charge in [0.15, 0.2) is 0 Å². The van der Waals surface area contributed by atoms with E-state index < -0.39 is 0 Å². The molecule has 5 heteroatoms. The fourth-order valence-corrected chi connectivity index (χ4v) is 2.08. The van der Waals surface area contributed by atoms with Crippen molar-refractivity contribution in [3.63, 3.8) is 0 Å². The van der Waals surface area contributed by atoms with E-state index in [2.05, 4.69) is 22.2 Å². The van der Waals surface area contributed by atoms with Gasteiger partial charge in [0, 0.05) is 43.2 Å². The third-order valence-electron chi connectivity index (χ3n) is 3.29. The summed E-state index contributed by atoms with van der Waals surface area (Å²) in [6.07, 6.45) is 3.21. The predicted octanol–water partition coefficient (Wildman–Crippen LogP) is 2.56.